The van der Waals surface area contributed by atoms with Gasteiger partial charge in [-0.3, -0.25) is 4.98 Å². The summed E-state index contributed by atoms with van der Waals surface area (Å²) in [5.74, 6) is 0. The van der Waals surface area contributed by atoms with Crippen molar-refractivity contribution < 1.29 is 0 Å². The Hall–Kier alpha value is -1.37. The van der Waals surface area contributed by atoms with E-state index in [0.29, 0.717) is 0 Å². The molecule has 0 N–H and O–H groups in total. The fourth-order valence-corrected chi connectivity index (χ4v) is 0.922. The van der Waals surface area contributed by atoms with Gasteiger partial charge in [-0.1, -0.05) is 46.9 Å². The molecule has 1 nitrogen and oxygen atoms in total. The van der Waals surface area contributed by atoms with E-state index in [9.17, 15) is 0 Å². The largest absolute Gasteiger partial charge is 0.264 e. The molecule has 0 aliphatic carbocycles. The molecule has 0 fully saturated rings. The van der Waals surface area contributed by atoms with Crippen LogP contribution in [0.15, 0.2) is 31.1 Å². The highest BCUT2D eigenvalue weighted by atomic mass is 14.6. The van der Waals surface area contributed by atoms with Gasteiger partial charge in [0.05, 0.1) is 0 Å². The fourth-order valence-electron chi connectivity index (χ4n) is 0.922. The van der Waals surface area contributed by atoms with Crippen LogP contribution in [0.4, 0.5) is 0 Å². The van der Waals surface area contributed by atoms with E-state index in [1.54, 1.807) is 12.4 Å². The van der Waals surface area contributed by atoms with Gasteiger partial charge in [0.2, 0.25) is 0 Å². The first-order valence-electron chi connectivity index (χ1n) is 5.48. The lowest BCUT2D eigenvalue weighted by Crippen LogP contribution is -2.24. The highest BCUT2D eigenvalue weighted by molar-refractivity contribution is 5.52. The predicted molar refractivity (Wildman–Crippen MR) is 71.0 cm³/mol. The van der Waals surface area contributed by atoms with Crippen LogP contribution in [0.5, 0.6) is 0 Å². The second-order valence-corrected chi connectivity index (χ2v) is 2.42. The van der Waals surface area contributed by atoms with E-state index in [-0.39, 0.29) is 0 Å². The van der Waals surface area contributed by atoms with E-state index in [2.05, 4.69) is 18.1 Å². The Bertz CT molecular complexity index is 363. The van der Waals surface area contributed by atoms with Crippen LogP contribution < -0.4 is 10.4 Å². The van der Waals surface area contributed by atoms with Gasteiger partial charge in [-0.15, -0.1) is 0 Å². The number of allylic oxidation sites excluding steroid dienone is 1. The van der Waals surface area contributed by atoms with Crippen molar-refractivity contribution in [3.8, 4) is 0 Å². The van der Waals surface area contributed by atoms with E-state index in [1.807, 2.05) is 46.8 Å². The molecule has 0 atom stereocenters. The van der Waals surface area contributed by atoms with Crippen LogP contribution in [-0.4, -0.2) is 4.98 Å². The molecule has 15 heavy (non-hydrogen) atoms. The Morgan fingerprint density at radius 1 is 1.27 bits per heavy atom. The molecule has 0 aromatic carbocycles. The van der Waals surface area contributed by atoms with Crippen LogP contribution >= 0.6 is 0 Å². The zero-order valence-corrected chi connectivity index (χ0v) is 10.7. The average molecular weight is 205 g/mol. The Balaban J connectivity index is 0. The summed E-state index contributed by atoms with van der Waals surface area (Å²) in [4.78, 5) is 3.95. The maximum absolute atomic E-state index is 3.95. The van der Waals surface area contributed by atoms with Gasteiger partial charge in [0.1, 0.15) is 0 Å². The molecule has 0 unspecified atom stereocenters. The molecule has 0 aliphatic rings. The summed E-state index contributed by atoms with van der Waals surface area (Å²) in [5, 5.41) is 2.07. The van der Waals surface area contributed by atoms with Gasteiger partial charge >= 0.3 is 0 Å². The molecule has 0 saturated carbocycles. The molecule has 0 amide bonds. The second kappa shape index (κ2) is 10.7. The third-order valence-electron chi connectivity index (χ3n) is 1.63. The minimum atomic E-state index is 0.949. The number of nitrogens with zero attached hydrogens (tertiary/aromatic N) is 1. The average Bonchev–Trinajstić information content (AvgIpc) is 2.34. The smallest absolute Gasteiger partial charge is 0.0340 e. The molecular formula is C14H23N. The lowest BCUT2D eigenvalue weighted by atomic mass is 10.2. The van der Waals surface area contributed by atoms with Crippen molar-refractivity contribution >= 4 is 12.2 Å². The zero-order chi connectivity index (χ0) is 12.3. The summed E-state index contributed by atoms with van der Waals surface area (Å²) in [7, 11) is 0. The van der Waals surface area contributed by atoms with Gasteiger partial charge in [0.15, 0.2) is 0 Å². The highest BCUT2D eigenvalue weighted by Crippen LogP contribution is 1.86. The normalized spacial score (nSPS) is 9.93. The first kappa shape index (κ1) is 16.1. The lowest BCUT2D eigenvalue weighted by molar-refractivity contribution is 1.27. The van der Waals surface area contributed by atoms with Crippen molar-refractivity contribution in [2.45, 2.75) is 34.6 Å². The van der Waals surface area contributed by atoms with E-state index in [4.69, 9.17) is 0 Å². The molecule has 1 aromatic rings. The van der Waals surface area contributed by atoms with Crippen LogP contribution in [0.3, 0.4) is 0 Å². The topological polar surface area (TPSA) is 12.9 Å². The van der Waals surface area contributed by atoms with Crippen LogP contribution in [-0.2, 0) is 0 Å². The molecule has 0 spiro atoms. The Morgan fingerprint density at radius 2 is 1.80 bits per heavy atom. The first-order chi connectivity index (χ1) is 7.25. The van der Waals surface area contributed by atoms with E-state index >= 15 is 0 Å². The van der Waals surface area contributed by atoms with Gasteiger partial charge in [-0.25, -0.2) is 0 Å². The van der Waals surface area contributed by atoms with Crippen molar-refractivity contribution in [3.05, 3.63) is 41.6 Å². The van der Waals surface area contributed by atoms with E-state index in [0.717, 1.165) is 16.0 Å². The SMILES string of the molecule is C=C/C(C)=c1/ccncc1=C.CC.CC. The third-order valence-corrected chi connectivity index (χ3v) is 1.63. The quantitative estimate of drug-likeness (QED) is 0.687. The van der Waals surface area contributed by atoms with Crippen LogP contribution in [0.1, 0.15) is 34.6 Å². The number of rotatable bonds is 1. The molecular weight excluding hydrogens is 182 g/mol. The zero-order valence-electron chi connectivity index (χ0n) is 10.7. The molecule has 0 bridgehead atoms. The Labute approximate surface area is 93.9 Å². The number of hydrogen-bond donors (Lipinski definition) is 0. The molecule has 0 saturated heterocycles. The van der Waals surface area contributed by atoms with Gasteiger partial charge in [-0.05, 0) is 29.0 Å². The summed E-state index contributed by atoms with van der Waals surface area (Å²) in [6.07, 6.45) is 5.34. The molecule has 1 heteroatoms. The minimum Gasteiger partial charge on any atom is -0.264 e. The Morgan fingerprint density at radius 3 is 2.20 bits per heavy atom. The fraction of sp³-hybridized carbons (Fsp3) is 0.357. The molecule has 1 rings (SSSR count). The van der Waals surface area contributed by atoms with E-state index < -0.39 is 0 Å². The van der Waals surface area contributed by atoms with Crippen molar-refractivity contribution in [2.24, 2.45) is 0 Å². The maximum Gasteiger partial charge on any atom is 0.0340 e. The molecule has 84 valence electrons. The summed E-state index contributed by atoms with van der Waals surface area (Å²) < 4.78 is 0. The minimum absolute atomic E-state index is 0.949. The van der Waals surface area contributed by atoms with Crippen LogP contribution in [0.25, 0.3) is 12.2 Å². The Kier molecular flexibility index (Phi) is 11.5. The molecule has 1 aromatic heterocycles. The van der Waals surface area contributed by atoms with E-state index in [1.165, 1.54) is 0 Å². The van der Waals surface area contributed by atoms with Crippen molar-refractivity contribution in [3.63, 3.8) is 0 Å². The number of hydrogen-bond acceptors (Lipinski definition) is 1. The maximum atomic E-state index is 3.95. The van der Waals surface area contributed by atoms with Crippen LogP contribution in [0, 0.1) is 0 Å². The number of pyridine rings is 1. The predicted octanol–water partition coefficient (Wildman–Crippen LogP) is 2.90. The first-order valence-corrected chi connectivity index (χ1v) is 5.48. The highest BCUT2D eigenvalue weighted by Gasteiger charge is 1.84. The van der Waals surface area contributed by atoms with Crippen molar-refractivity contribution in [2.75, 3.05) is 0 Å². The molecule has 0 radical (unpaired) electrons. The van der Waals surface area contributed by atoms with Gasteiger partial charge in [0.25, 0.3) is 0 Å². The van der Waals surface area contributed by atoms with Gasteiger partial charge < -0.3 is 0 Å². The van der Waals surface area contributed by atoms with Gasteiger partial charge in [-0.2, -0.15) is 0 Å². The third kappa shape index (κ3) is 5.84. The van der Waals surface area contributed by atoms with Gasteiger partial charge in [0, 0.05) is 12.4 Å². The summed E-state index contributed by atoms with van der Waals surface area (Å²) in [5.41, 5.74) is 1.14. The monoisotopic (exact) mass is 205 g/mol. The number of aromatic nitrogens is 1. The lowest BCUT2D eigenvalue weighted by Gasteiger charge is -1.90. The van der Waals surface area contributed by atoms with Crippen LogP contribution in [0.2, 0.25) is 0 Å². The summed E-state index contributed by atoms with van der Waals surface area (Å²) in [6.45, 7) is 17.6. The summed E-state index contributed by atoms with van der Waals surface area (Å²) in [6, 6.07) is 1.94. The van der Waals surface area contributed by atoms with Crippen molar-refractivity contribution in [1.29, 1.82) is 0 Å². The molecule has 1 heterocycles. The van der Waals surface area contributed by atoms with Crippen molar-refractivity contribution in [1.82, 2.24) is 4.98 Å². The second-order valence-electron chi connectivity index (χ2n) is 2.42. The summed E-state index contributed by atoms with van der Waals surface area (Å²) >= 11 is 0. The standard InChI is InChI=1S/C10H11N.2C2H6/c1-4-8(2)10-5-6-11-7-9(10)3;2*1-2/h4-7H,1,3H2,2H3;2*1-2H3/b10-8-;;. The molecule has 0 aliphatic heterocycles.